The Bertz CT molecular complexity index is 508. The molecule has 3 nitrogen and oxygen atoms in total. The van der Waals surface area contributed by atoms with Crippen molar-refractivity contribution >= 4 is 16.1 Å². The van der Waals surface area contributed by atoms with Gasteiger partial charge >= 0.3 is 0 Å². The van der Waals surface area contributed by atoms with Gasteiger partial charge in [-0.05, 0) is 31.4 Å². The van der Waals surface area contributed by atoms with Crippen molar-refractivity contribution < 1.29 is 8.42 Å². The summed E-state index contributed by atoms with van der Waals surface area (Å²) in [5.41, 5.74) is 0.908. The van der Waals surface area contributed by atoms with E-state index in [1.165, 1.54) is 5.41 Å². The fraction of sp³-hybridized carbons (Fsp3) is 0.429. The SMILES string of the molecule is CC1CCCCN1S(=O)(=O)/C=C/c1ccccc1. The second-order valence-electron chi connectivity index (χ2n) is 4.71. The lowest BCUT2D eigenvalue weighted by molar-refractivity contribution is 0.271. The van der Waals surface area contributed by atoms with Crippen LogP contribution in [-0.4, -0.2) is 25.3 Å². The van der Waals surface area contributed by atoms with Crippen molar-refractivity contribution in [2.24, 2.45) is 0 Å². The van der Waals surface area contributed by atoms with Crippen LogP contribution in [0.2, 0.25) is 0 Å². The summed E-state index contributed by atoms with van der Waals surface area (Å²) in [6.45, 7) is 2.62. The average Bonchev–Trinajstić information content (AvgIpc) is 2.38. The van der Waals surface area contributed by atoms with Crippen LogP contribution in [0.5, 0.6) is 0 Å². The Kier molecular flexibility index (Phi) is 4.19. The topological polar surface area (TPSA) is 37.4 Å². The quantitative estimate of drug-likeness (QED) is 0.842. The summed E-state index contributed by atoms with van der Waals surface area (Å²) in [5, 5.41) is 1.32. The summed E-state index contributed by atoms with van der Waals surface area (Å²) < 4.78 is 26.0. The van der Waals surface area contributed by atoms with Crippen molar-refractivity contribution in [2.45, 2.75) is 32.2 Å². The van der Waals surface area contributed by atoms with E-state index in [4.69, 9.17) is 0 Å². The minimum absolute atomic E-state index is 0.115. The van der Waals surface area contributed by atoms with Crippen LogP contribution in [0.25, 0.3) is 6.08 Å². The summed E-state index contributed by atoms with van der Waals surface area (Å²) >= 11 is 0. The zero-order chi connectivity index (χ0) is 13.0. The molecule has 0 spiro atoms. The number of piperidine rings is 1. The second kappa shape index (κ2) is 5.67. The predicted molar refractivity (Wildman–Crippen MR) is 74.4 cm³/mol. The van der Waals surface area contributed by atoms with E-state index >= 15 is 0 Å². The third-order valence-corrected chi connectivity index (χ3v) is 4.98. The first kappa shape index (κ1) is 13.3. The first-order valence-corrected chi connectivity index (χ1v) is 7.85. The van der Waals surface area contributed by atoms with Crippen molar-refractivity contribution in [1.82, 2.24) is 4.31 Å². The van der Waals surface area contributed by atoms with Crippen LogP contribution in [0.4, 0.5) is 0 Å². The van der Waals surface area contributed by atoms with Crippen molar-refractivity contribution in [2.75, 3.05) is 6.54 Å². The van der Waals surface area contributed by atoms with Crippen LogP contribution >= 0.6 is 0 Å². The van der Waals surface area contributed by atoms with E-state index < -0.39 is 10.0 Å². The van der Waals surface area contributed by atoms with Gasteiger partial charge in [0, 0.05) is 18.0 Å². The Morgan fingerprint density at radius 2 is 1.94 bits per heavy atom. The van der Waals surface area contributed by atoms with E-state index in [1.807, 2.05) is 37.3 Å². The normalized spacial score (nSPS) is 22.4. The van der Waals surface area contributed by atoms with E-state index in [-0.39, 0.29) is 6.04 Å². The Balaban J connectivity index is 2.14. The van der Waals surface area contributed by atoms with Gasteiger partial charge in [0.15, 0.2) is 0 Å². The third kappa shape index (κ3) is 3.21. The number of hydrogen-bond acceptors (Lipinski definition) is 2. The predicted octanol–water partition coefficient (Wildman–Crippen LogP) is 2.86. The van der Waals surface area contributed by atoms with Crippen LogP contribution < -0.4 is 0 Å². The average molecular weight is 265 g/mol. The van der Waals surface area contributed by atoms with Crippen molar-refractivity contribution in [3.05, 3.63) is 41.3 Å². The molecule has 1 heterocycles. The smallest absolute Gasteiger partial charge is 0.207 e. The maximum Gasteiger partial charge on any atom is 0.236 e. The lowest BCUT2D eigenvalue weighted by atomic mass is 10.1. The Labute approximate surface area is 109 Å². The van der Waals surface area contributed by atoms with Crippen LogP contribution in [0.1, 0.15) is 31.7 Å². The molecule has 1 fully saturated rings. The molecule has 1 saturated heterocycles. The van der Waals surface area contributed by atoms with E-state index in [0.29, 0.717) is 6.54 Å². The molecule has 4 heteroatoms. The zero-order valence-electron chi connectivity index (χ0n) is 10.6. The third-order valence-electron chi connectivity index (χ3n) is 3.30. The first-order chi connectivity index (χ1) is 8.59. The molecule has 1 aromatic rings. The van der Waals surface area contributed by atoms with Crippen LogP contribution in [0.15, 0.2) is 35.7 Å². The first-order valence-electron chi connectivity index (χ1n) is 6.34. The van der Waals surface area contributed by atoms with Crippen LogP contribution in [-0.2, 0) is 10.0 Å². The number of benzene rings is 1. The van der Waals surface area contributed by atoms with Gasteiger partial charge in [-0.1, -0.05) is 36.8 Å². The van der Waals surface area contributed by atoms with Gasteiger partial charge in [-0.2, -0.15) is 4.31 Å². The van der Waals surface area contributed by atoms with Crippen molar-refractivity contribution in [3.63, 3.8) is 0 Å². The molecular formula is C14H19NO2S. The van der Waals surface area contributed by atoms with Crippen molar-refractivity contribution in [1.29, 1.82) is 0 Å². The molecule has 0 N–H and O–H groups in total. The minimum atomic E-state index is -3.28. The highest BCUT2D eigenvalue weighted by atomic mass is 32.2. The monoisotopic (exact) mass is 265 g/mol. The number of sulfonamides is 1. The lowest BCUT2D eigenvalue weighted by Gasteiger charge is -2.31. The lowest BCUT2D eigenvalue weighted by Crippen LogP contribution is -2.40. The molecule has 0 radical (unpaired) electrons. The highest BCUT2D eigenvalue weighted by Gasteiger charge is 2.27. The van der Waals surface area contributed by atoms with Gasteiger partial charge in [0.2, 0.25) is 10.0 Å². The van der Waals surface area contributed by atoms with Gasteiger partial charge in [-0.25, -0.2) is 8.42 Å². The number of nitrogens with zero attached hydrogens (tertiary/aromatic N) is 1. The molecule has 1 aliphatic rings. The number of rotatable bonds is 3. The van der Waals surface area contributed by atoms with Gasteiger partial charge in [-0.15, -0.1) is 0 Å². The Hall–Kier alpha value is -1.13. The summed E-state index contributed by atoms with van der Waals surface area (Å²) in [7, 11) is -3.28. The molecule has 98 valence electrons. The molecule has 0 aromatic heterocycles. The second-order valence-corrected chi connectivity index (χ2v) is 6.49. The van der Waals surface area contributed by atoms with Gasteiger partial charge in [0.05, 0.1) is 0 Å². The molecule has 0 saturated carbocycles. The molecule has 1 unspecified atom stereocenters. The van der Waals surface area contributed by atoms with E-state index in [2.05, 4.69) is 0 Å². The summed E-state index contributed by atoms with van der Waals surface area (Å²) in [6, 6.07) is 9.62. The van der Waals surface area contributed by atoms with Gasteiger partial charge in [-0.3, -0.25) is 0 Å². The standard InChI is InChI=1S/C14H19NO2S/c1-13-7-5-6-11-15(13)18(16,17)12-10-14-8-3-2-4-9-14/h2-4,8-10,12-13H,5-7,11H2,1H3/b12-10+. The number of hydrogen-bond donors (Lipinski definition) is 0. The molecule has 0 amide bonds. The van der Waals surface area contributed by atoms with Gasteiger partial charge in [0.25, 0.3) is 0 Å². The van der Waals surface area contributed by atoms with Crippen LogP contribution in [0, 0.1) is 0 Å². The van der Waals surface area contributed by atoms with Crippen molar-refractivity contribution in [3.8, 4) is 0 Å². The maximum atomic E-state index is 12.2. The Morgan fingerprint density at radius 1 is 1.22 bits per heavy atom. The molecule has 2 rings (SSSR count). The fourth-order valence-corrected chi connectivity index (χ4v) is 3.73. The zero-order valence-corrected chi connectivity index (χ0v) is 11.4. The van der Waals surface area contributed by atoms with E-state index in [9.17, 15) is 8.42 Å². The van der Waals surface area contributed by atoms with Crippen LogP contribution in [0.3, 0.4) is 0 Å². The molecule has 18 heavy (non-hydrogen) atoms. The molecular weight excluding hydrogens is 246 g/mol. The highest BCUT2D eigenvalue weighted by molar-refractivity contribution is 7.92. The summed E-state index contributed by atoms with van der Waals surface area (Å²) in [6.07, 6.45) is 4.70. The minimum Gasteiger partial charge on any atom is -0.207 e. The molecule has 1 aromatic carbocycles. The van der Waals surface area contributed by atoms with Gasteiger partial charge in [0.1, 0.15) is 0 Å². The van der Waals surface area contributed by atoms with E-state index in [1.54, 1.807) is 10.4 Å². The molecule has 1 atom stereocenters. The maximum absolute atomic E-state index is 12.2. The molecule has 0 aliphatic carbocycles. The van der Waals surface area contributed by atoms with E-state index in [0.717, 1.165) is 24.8 Å². The van der Waals surface area contributed by atoms with Gasteiger partial charge < -0.3 is 0 Å². The largest absolute Gasteiger partial charge is 0.236 e. The summed E-state index contributed by atoms with van der Waals surface area (Å²) in [4.78, 5) is 0. The summed E-state index contributed by atoms with van der Waals surface area (Å²) in [5.74, 6) is 0. The highest BCUT2D eigenvalue weighted by Crippen LogP contribution is 2.21. The molecule has 1 aliphatic heterocycles. The fourth-order valence-electron chi connectivity index (χ4n) is 2.26. The Morgan fingerprint density at radius 3 is 2.61 bits per heavy atom. The molecule has 0 bridgehead atoms.